The second kappa shape index (κ2) is 9.39. The smallest absolute Gasteiger partial charge is 0.261 e. The topological polar surface area (TPSA) is 69.4 Å². The number of sulfonamides is 1. The molecule has 0 saturated heterocycles. The number of nitrogens with two attached hydrogens (primary N) is 1. The predicted molar refractivity (Wildman–Crippen MR) is 124 cm³/mol. The van der Waals surface area contributed by atoms with Gasteiger partial charge in [0.1, 0.15) is 0 Å². The van der Waals surface area contributed by atoms with Crippen LogP contribution < -0.4 is 15.5 Å². The van der Waals surface area contributed by atoms with E-state index < -0.39 is 18.3 Å². The third-order valence-corrected chi connectivity index (χ3v) is 11.4. The molecule has 0 spiro atoms. The number of hydrogen-bond donors (Lipinski definition) is 1. The van der Waals surface area contributed by atoms with Crippen LogP contribution in [0.3, 0.4) is 0 Å². The van der Waals surface area contributed by atoms with Crippen LogP contribution in [0.25, 0.3) is 0 Å². The summed E-state index contributed by atoms with van der Waals surface area (Å²) in [7, 11) is -6.22. The van der Waals surface area contributed by atoms with Gasteiger partial charge in [0, 0.05) is 12.5 Å². The zero-order chi connectivity index (χ0) is 21.7. The summed E-state index contributed by atoms with van der Waals surface area (Å²) in [5, 5.41) is 7.52. The molecule has 0 radical (unpaired) electrons. The summed E-state index contributed by atoms with van der Waals surface area (Å²) in [4.78, 5) is 0. The zero-order valence-corrected chi connectivity index (χ0v) is 19.7. The Labute approximate surface area is 177 Å². The molecule has 0 saturated carbocycles. The van der Waals surface area contributed by atoms with Gasteiger partial charge in [0.15, 0.2) is 0 Å². The highest BCUT2D eigenvalue weighted by Gasteiger charge is 2.50. The molecule has 0 fully saturated rings. The van der Waals surface area contributed by atoms with Gasteiger partial charge in [-0.1, -0.05) is 94.4 Å². The Kier molecular flexibility index (Phi) is 7.62. The van der Waals surface area contributed by atoms with E-state index in [2.05, 4.69) is 51.6 Å². The zero-order valence-electron chi connectivity index (χ0n) is 17.8. The van der Waals surface area contributed by atoms with Crippen molar-refractivity contribution in [1.82, 2.24) is 0 Å². The Hall–Kier alpha value is -1.73. The van der Waals surface area contributed by atoms with Crippen molar-refractivity contribution in [2.45, 2.75) is 32.7 Å². The van der Waals surface area contributed by atoms with Gasteiger partial charge >= 0.3 is 0 Å². The molecule has 0 amide bonds. The van der Waals surface area contributed by atoms with Gasteiger partial charge in [-0.3, -0.25) is 0 Å². The maximum absolute atomic E-state index is 11.6. The molecule has 6 heteroatoms. The largest absolute Gasteiger partial charge is 0.407 e. The third kappa shape index (κ3) is 5.66. The van der Waals surface area contributed by atoms with Crippen LogP contribution in [0, 0.1) is 11.8 Å². The van der Waals surface area contributed by atoms with E-state index in [0.29, 0.717) is 6.61 Å². The van der Waals surface area contributed by atoms with Gasteiger partial charge in [-0.15, -0.1) is 6.58 Å². The molecule has 0 bridgehead atoms. The molecule has 0 aromatic heterocycles. The fourth-order valence-corrected chi connectivity index (χ4v) is 9.52. The molecule has 0 unspecified atom stereocenters. The molecule has 2 N–H and O–H groups in total. The van der Waals surface area contributed by atoms with Gasteiger partial charge in [-0.25, -0.2) is 13.6 Å². The molecule has 0 heterocycles. The summed E-state index contributed by atoms with van der Waals surface area (Å²) in [5.74, 6) is -0.385. The maximum atomic E-state index is 11.6. The number of benzene rings is 2. The lowest BCUT2D eigenvalue weighted by Crippen LogP contribution is -2.67. The maximum Gasteiger partial charge on any atom is 0.261 e. The highest BCUT2D eigenvalue weighted by Crippen LogP contribution is 2.37. The van der Waals surface area contributed by atoms with E-state index in [9.17, 15) is 8.42 Å². The van der Waals surface area contributed by atoms with Crippen LogP contribution in [0.2, 0.25) is 5.04 Å². The summed E-state index contributed by atoms with van der Waals surface area (Å²) >= 11 is 0. The SMILES string of the molecule is C=C[C@H](CO[Si](c1ccccc1)(c1ccccc1)C(C)(C)C)[C@H](C)CS(N)(=O)=O. The van der Waals surface area contributed by atoms with E-state index in [4.69, 9.17) is 9.56 Å². The molecule has 0 aliphatic carbocycles. The minimum absolute atomic E-state index is 0.0895. The fourth-order valence-electron chi connectivity index (χ4n) is 3.94. The van der Waals surface area contributed by atoms with Crippen LogP contribution in [0.4, 0.5) is 0 Å². The Morgan fingerprint density at radius 3 is 1.83 bits per heavy atom. The fraction of sp³-hybridized carbons (Fsp3) is 0.391. The summed E-state index contributed by atoms with van der Waals surface area (Å²) < 4.78 is 30.0. The van der Waals surface area contributed by atoms with Gasteiger partial charge in [0.25, 0.3) is 8.32 Å². The molecular formula is C23H33NO3SSi. The molecular weight excluding hydrogens is 398 g/mol. The molecule has 4 nitrogen and oxygen atoms in total. The van der Waals surface area contributed by atoms with Crippen molar-refractivity contribution < 1.29 is 12.8 Å². The van der Waals surface area contributed by atoms with Crippen molar-refractivity contribution in [3.8, 4) is 0 Å². The van der Waals surface area contributed by atoms with Crippen LogP contribution in [0.1, 0.15) is 27.7 Å². The Balaban J connectivity index is 2.49. The van der Waals surface area contributed by atoms with Crippen molar-refractivity contribution in [3.63, 3.8) is 0 Å². The van der Waals surface area contributed by atoms with Crippen LogP contribution >= 0.6 is 0 Å². The molecule has 0 aliphatic rings. The van der Waals surface area contributed by atoms with Gasteiger partial charge in [-0.2, -0.15) is 0 Å². The van der Waals surface area contributed by atoms with E-state index in [-0.39, 0.29) is 22.6 Å². The minimum Gasteiger partial charge on any atom is -0.407 e. The second-order valence-electron chi connectivity index (χ2n) is 8.68. The normalized spacial score (nSPS) is 14.9. The lowest BCUT2D eigenvalue weighted by atomic mass is 9.97. The average molecular weight is 432 g/mol. The van der Waals surface area contributed by atoms with Crippen molar-refractivity contribution in [1.29, 1.82) is 0 Å². The van der Waals surface area contributed by atoms with E-state index >= 15 is 0 Å². The predicted octanol–water partition coefficient (Wildman–Crippen LogP) is 3.29. The monoisotopic (exact) mass is 431 g/mol. The first kappa shape index (κ1) is 23.5. The molecule has 2 atom stereocenters. The van der Waals surface area contributed by atoms with Crippen molar-refractivity contribution in [3.05, 3.63) is 73.3 Å². The summed E-state index contributed by atoms with van der Waals surface area (Å²) in [6.07, 6.45) is 1.79. The first-order valence-electron chi connectivity index (χ1n) is 9.89. The number of hydrogen-bond acceptors (Lipinski definition) is 3. The van der Waals surface area contributed by atoms with Crippen LogP contribution in [0.15, 0.2) is 73.3 Å². The Morgan fingerprint density at radius 2 is 1.48 bits per heavy atom. The van der Waals surface area contributed by atoms with Crippen molar-refractivity contribution >= 4 is 28.7 Å². The Bertz CT molecular complexity index is 853. The van der Waals surface area contributed by atoms with E-state index in [1.807, 2.05) is 43.3 Å². The quantitative estimate of drug-likeness (QED) is 0.489. The molecule has 2 rings (SSSR count). The third-order valence-electron chi connectivity index (χ3n) is 5.44. The van der Waals surface area contributed by atoms with Crippen molar-refractivity contribution in [2.24, 2.45) is 17.0 Å². The molecule has 2 aromatic rings. The van der Waals surface area contributed by atoms with E-state index in [1.54, 1.807) is 6.08 Å². The van der Waals surface area contributed by atoms with Crippen LogP contribution in [-0.4, -0.2) is 29.1 Å². The summed E-state index contributed by atoms with van der Waals surface area (Å²) in [5.41, 5.74) is 0. The molecule has 29 heavy (non-hydrogen) atoms. The highest BCUT2D eigenvalue weighted by molar-refractivity contribution is 7.89. The van der Waals surface area contributed by atoms with Gasteiger partial charge < -0.3 is 4.43 Å². The van der Waals surface area contributed by atoms with Gasteiger partial charge in [0.2, 0.25) is 10.0 Å². The molecule has 2 aromatic carbocycles. The number of rotatable bonds is 9. The highest BCUT2D eigenvalue weighted by atomic mass is 32.2. The van der Waals surface area contributed by atoms with E-state index in [1.165, 1.54) is 10.4 Å². The molecule has 0 aliphatic heterocycles. The average Bonchev–Trinajstić information content (AvgIpc) is 2.64. The minimum atomic E-state index is -3.56. The van der Waals surface area contributed by atoms with Gasteiger partial charge in [-0.05, 0) is 21.3 Å². The first-order valence-corrected chi connectivity index (χ1v) is 13.5. The summed E-state index contributed by atoms with van der Waals surface area (Å²) in [6, 6.07) is 20.8. The van der Waals surface area contributed by atoms with Crippen molar-refractivity contribution in [2.75, 3.05) is 12.4 Å². The first-order chi connectivity index (χ1) is 13.5. The lowest BCUT2D eigenvalue weighted by molar-refractivity contribution is 0.230. The molecule has 158 valence electrons. The summed E-state index contributed by atoms with van der Waals surface area (Å²) in [6.45, 7) is 12.9. The van der Waals surface area contributed by atoms with Crippen LogP contribution in [-0.2, 0) is 14.4 Å². The van der Waals surface area contributed by atoms with Gasteiger partial charge in [0.05, 0.1) is 5.75 Å². The Morgan fingerprint density at radius 1 is 1.03 bits per heavy atom. The standard InChI is InChI=1S/C23H33NO3SSi/c1-6-20(19(2)18-28(24,25)26)17-27-29(23(3,4)5,21-13-9-7-10-14-21)22-15-11-8-12-16-22/h6-16,19-20H,1,17-18H2,2-5H3,(H2,24,25,26)/t19-,20-/m1/s1. The second-order valence-corrected chi connectivity index (χ2v) is 14.6. The number of primary sulfonamides is 1. The van der Waals surface area contributed by atoms with E-state index in [0.717, 1.165) is 0 Å². The van der Waals surface area contributed by atoms with Crippen LogP contribution in [0.5, 0.6) is 0 Å². The lowest BCUT2D eigenvalue weighted by Gasteiger charge is -2.44.